The Morgan fingerprint density at radius 1 is 0.929 bits per heavy atom. The third-order valence-electron chi connectivity index (χ3n) is 3.92. The molecule has 152 valence electrons. The molecule has 0 heterocycles. The molecule has 0 aliphatic heterocycles. The molecule has 0 saturated carbocycles. The Bertz CT molecular complexity index is 792. The summed E-state index contributed by atoms with van der Waals surface area (Å²) in [6.07, 6.45) is 10.1. The summed E-state index contributed by atoms with van der Waals surface area (Å²) in [6.45, 7) is 3.36. The molecule has 0 spiro atoms. The molecule has 0 saturated heterocycles. The smallest absolute Gasteiger partial charge is 0.0771 e. The van der Waals surface area contributed by atoms with E-state index in [-0.39, 0.29) is 39.7 Å². The Balaban J connectivity index is -0.000000378. The van der Waals surface area contributed by atoms with Crippen LogP contribution in [0.5, 0.6) is 0 Å². The molecule has 4 rings (SSSR count). The molecule has 0 amide bonds. The van der Waals surface area contributed by atoms with Gasteiger partial charge in [-0.3, -0.25) is 6.08 Å². The van der Waals surface area contributed by atoms with E-state index in [2.05, 4.69) is 73.6 Å². The SMILES string of the molecule is Cl.Cl.OCCCC1=CC[C-]=C1.[CH3-].[CH3-].[Si]=[Zr].c1ccc2c(c1)[cH-]c1ccccc12. The minimum atomic E-state index is 0. The van der Waals surface area contributed by atoms with Crippen molar-refractivity contribution in [2.75, 3.05) is 6.61 Å². The molecule has 3 aromatic carbocycles. The predicted octanol–water partition coefficient (Wildman–Crippen LogP) is 6.52. The van der Waals surface area contributed by atoms with Crippen molar-refractivity contribution in [1.29, 1.82) is 0 Å². The molecule has 3 aromatic rings. The fourth-order valence-electron chi connectivity index (χ4n) is 2.80. The Morgan fingerprint density at radius 3 is 1.86 bits per heavy atom. The van der Waals surface area contributed by atoms with Crippen molar-refractivity contribution in [3.8, 4) is 0 Å². The van der Waals surface area contributed by atoms with Crippen LogP contribution in [-0.4, -0.2) is 18.6 Å². The average molecular weight is 511 g/mol. The van der Waals surface area contributed by atoms with Crippen molar-refractivity contribution in [2.45, 2.75) is 19.3 Å². The molecule has 1 N–H and O–H groups in total. The van der Waals surface area contributed by atoms with Crippen molar-refractivity contribution < 1.29 is 28.4 Å². The minimum Gasteiger partial charge on any atom is -0.126 e. The van der Waals surface area contributed by atoms with Crippen LogP contribution in [0.4, 0.5) is 0 Å². The van der Waals surface area contributed by atoms with Gasteiger partial charge in [0.15, 0.2) is 0 Å². The number of allylic oxidation sites excluding steroid dienone is 4. The van der Waals surface area contributed by atoms with Crippen molar-refractivity contribution >= 4 is 53.2 Å². The monoisotopic (exact) mass is 508 g/mol. The van der Waals surface area contributed by atoms with Gasteiger partial charge in [0.1, 0.15) is 0 Å². The molecule has 28 heavy (non-hydrogen) atoms. The van der Waals surface area contributed by atoms with E-state index in [4.69, 9.17) is 5.11 Å². The number of fused-ring (bicyclic) bond motifs is 3. The first-order valence-corrected chi connectivity index (χ1v) is 12.2. The molecule has 5 heteroatoms. The van der Waals surface area contributed by atoms with Gasteiger partial charge in [-0.05, 0) is 6.42 Å². The van der Waals surface area contributed by atoms with Gasteiger partial charge in [0.05, 0.1) is 0 Å². The first-order chi connectivity index (χ1) is 11.9. The van der Waals surface area contributed by atoms with E-state index < -0.39 is 0 Å². The summed E-state index contributed by atoms with van der Waals surface area (Å²) in [5, 5.41) is 13.9. The van der Waals surface area contributed by atoms with Gasteiger partial charge >= 0.3 is 30.2 Å². The zero-order valence-corrected chi connectivity index (χ0v) is 21.5. The zero-order chi connectivity index (χ0) is 17.2. The van der Waals surface area contributed by atoms with Crippen LogP contribution in [0, 0.1) is 20.9 Å². The molecular formula is C23H28Cl2OSiZr-4. The summed E-state index contributed by atoms with van der Waals surface area (Å²) in [5.74, 6) is 0. The van der Waals surface area contributed by atoms with Crippen LogP contribution in [0.3, 0.4) is 0 Å². The standard InChI is InChI=1S/C13H9.C8H11O.2CH3.2ClH.Si.Zr/c1-3-7-12-10(5-1)9-11-6-2-4-8-13(11)12;9-7-3-6-8-4-1-2-5-8;;;;;;/h1-9H;4-5,9H,1,3,6-7H2;2*1H3;2*1H;;/q4*-1;;;;. The average Bonchev–Trinajstić information content (AvgIpc) is 3.29. The van der Waals surface area contributed by atoms with E-state index in [9.17, 15) is 0 Å². The van der Waals surface area contributed by atoms with Crippen molar-refractivity contribution in [1.82, 2.24) is 0 Å². The fraction of sp³-hybridized carbons (Fsp3) is 0.174. The zero-order valence-electron chi connectivity index (χ0n) is 16.4. The maximum atomic E-state index is 8.47. The fourth-order valence-corrected chi connectivity index (χ4v) is 2.80. The van der Waals surface area contributed by atoms with Gasteiger partial charge in [-0.15, -0.1) is 71.0 Å². The minimum absolute atomic E-state index is 0. The van der Waals surface area contributed by atoms with E-state index >= 15 is 0 Å². The molecule has 1 aliphatic rings. The molecule has 1 aliphatic carbocycles. The predicted molar refractivity (Wildman–Crippen MR) is 127 cm³/mol. The van der Waals surface area contributed by atoms with Gasteiger partial charge < -0.3 is 20.0 Å². The Kier molecular flexibility index (Phi) is 21.2. The van der Waals surface area contributed by atoms with E-state index in [1.807, 2.05) is 6.08 Å². The summed E-state index contributed by atoms with van der Waals surface area (Å²) in [7, 11) is 0. The molecule has 1 nitrogen and oxygen atoms in total. The summed E-state index contributed by atoms with van der Waals surface area (Å²) in [6, 6.07) is 19.3. The summed E-state index contributed by atoms with van der Waals surface area (Å²) < 4.78 is 0. The molecule has 0 unspecified atom stereocenters. The van der Waals surface area contributed by atoms with Crippen LogP contribution >= 0.6 is 24.8 Å². The number of aliphatic hydroxyl groups is 1. The number of benzene rings is 2. The summed E-state index contributed by atoms with van der Waals surface area (Å²) in [4.78, 5) is 0. The van der Waals surface area contributed by atoms with Gasteiger partial charge in [-0.1, -0.05) is 42.8 Å². The number of hydrogen-bond donors (Lipinski definition) is 1. The second kappa shape index (κ2) is 18.5. The molecule has 0 bridgehead atoms. The normalized spacial score (nSPS) is 10.5. The Morgan fingerprint density at radius 2 is 1.43 bits per heavy atom. The quantitative estimate of drug-likeness (QED) is 0.314. The van der Waals surface area contributed by atoms with Crippen molar-refractivity contribution in [3.05, 3.63) is 93.3 Å². The maximum Gasteiger partial charge on any atom is -0.0771 e. The van der Waals surface area contributed by atoms with Gasteiger partial charge in [-0.2, -0.15) is 6.08 Å². The molecular weight excluding hydrogens is 482 g/mol. The number of halogens is 2. The van der Waals surface area contributed by atoms with E-state index in [1.54, 1.807) is 0 Å². The number of hydrogen-bond acceptors (Lipinski definition) is 1. The largest absolute Gasteiger partial charge is 0.126 e. The van der Waals surface area contributed by atoms with Crippen LogP contribution in [0.15, 0.2) is 72.3 Å². The Hall–Kier alpha value is -0.570. The first kappa shape index (κ1) is 32.1. The van der Waals surface area contributed by atoms with Crippen LogP contribution in [0.25, 0.3) is 21.5 Å². The van der Waals surface area contributed by atoms with Gasteiger partial charge in [0.25, 0.3) is 0 Å². The molecule has 0 fully saturated rings. The van der Waals surface area contributed by atoms with E-state index in [0.717, 1.165) is 19.3 Å². The van der Waals surface area contributed by atoms with Crippen molar-refractivity contribution in [3.63, 3.8) is 0 Å². The van der Waals surface area contributed by atoms with Gasteiger partial charge in [0.2, 0.25) is 0 Å². The first-order valence-electron chi connectivity index (χ1n) is 8.03. The number of aliphatic hydroxyl groups excluding tert-OH is 1. The van der Waals surface area contributed by atoms with Crippen LogP contribution in [0.1, 0.15) is 19.3 Å². The van der Waals surface area contributed by atoms with Gasteiger partial charge in [-0.25, -0.2) is 11.6 Å². The molecule has 2 radical (unpaired) electrons. The molecule has 0 aromatic heterocycles. The summed E-state index contributed by atoms with van der Waals surface area (Å²) >= 11 is 1.36. The third-order valence-corrected chi connectivity index (χ3v) is 3.92. The second-order valence-electron chi connectivity index (χ2n) is 5.48. The Labute approximate surface area is 199 Å². The van der Waals surface area contributed by atoms with E-state index in [0.29, 0.717) is 6.61 Å². The second-order valence-corrected chi connectivity index (χ2v) is 5.48. The third kappa shape index (κ3) is 9.29. The van der Waals surface area contributed by atoms with E-state index in [1.165, 1.54) is 50.5 Å². The topological polar surface area (TPSA) is 20.2 Å². The molecule has 0 atom stereocenters. The van der Waals surface area contributed by atoms with Gasteiger partial charge in [0, 0.05) is 6.61 Å². The number of rotatable bonds is 3. The van der Waals surface area contributed by atoms with Crippen LogP contribution in [0.2, 0.25) is 0 Å². The van der Waals surface area contributed by atoms with Crippen LogP contribution in [-0.2, 0) is 23.3 Å². The summed E-state index contributed by atoms with van der Waals surface area (Å²) in [5.41, 5.74) is 1.32. The van der Waals surface area contributed by atoms with Crippen LogP contribution < -0.4 is 0 Å². The van der Waals surface area contributed by atoms with Crippen molar-refractivity contribution in [2.24, 2.45) is 0 Å². The maximum absolute atomic E-state index is 8.47.